The number of pyridine rings is 1. The highest BCUT2D eigenvalue weighted by atomic mass is 15.2. The van der Waals surface area contributed by atoms with E-state index in [1.807, 2.05) is 36.7 Å². The van der Waals surface area contributed by atoms with Crippen molar-refractivity contribution in [2.75, 3.05) is 9.80 Å². The van der Waals surface area contributed by atoms with Crippen LogP contribution in [0.4, 0.5) is 34.1 Å². The Hall–Kier alpha value is -13.4. The van der Waals surface area contributed by atoms with Gasteiger partial charge in [-0.25, -0.2) is 4.98 Å². The summed E-state index contributed by atoms with van der Waals surface area (Å²) in [6, 6.07) is 132. The summed E-state index contributed by atoms with van der Waals surface area (Å²) < 4.78 is 0. The molecule has 0 saturated heterocycles. The molecule has 4 aliphatic rings. The molecule has 0 amide bonds. The number of aromatic nitrogens is 3. The van der Waals surface area contributed by atoms with Gasteiger partial charge in [0.05, 0.1) is 62.0 Å². The molecule has 0 bridgehead atoms. The second kappa shape index (κ2) is 22.6. The molecule has 102 heavy (non-hydrogen) atoms. The van der Waals surface area contributed by atoms with Crippen LogP contribution in [0, 0.1) is 0 Å². The lowest BCUT2D eigenvalue weighted by atomic mass is 9.64. The first-order valence-electron chi connectivity index (χ1n) is 35.1. The standard InChI is InChI=1S/C97H61N5/c1-2-24-69(25-3-1)101-93-41-18-12-35-85(93)97(86-36-13-19-42-94(86)101)80-31-8-6-28-75(80)77-53-49-67(60-87(77)97)72-27-5-4-26-71(72)62-43-45-64(46-44-62)74-55-54-73(78-30-21-57-98-95(74)78)63-47-51-70(52-48-63)102-91-39-16-10-33-83(91)96(84-34-11-17-40-92(84)102)81-32-9-7-29-76(81)79-59-66(50-56-82(79)96)65-22-20-23-68(58-65)90-61-99-88-37-14-15-38-89(88)100-90/h1-61H. The Morgan fingerprint density at radius 1 is 0.225 bits per heavy atom. The van der Waals surface area contributed by atoms with Gasteiger partial charge in [-0.3, -0.25) is 9.97 Å². The number of anilines is 6. The molecule has 2 aliphatic heterocycles. The maximum atomic E-state index is 5.14. The maximum Gasteiger partial charge on any atom is 0.0894 e. The van der Waals surface area contributed by atoms with Gasteiger partial charge in [0, 0.05) is 34.1 Å². The molecule has 2 aromatic heterocycles. The van der Waals surface area contributed by atoms with E-state index in [1.165, 1.54) is 94.8 Å². The number of hydrogen-bond acceptors (Lipinski definition) is 5. The molecule has 15 aromatic carbocycles. The van der Waals surface area contributed by atoms with Gasteiger partial charge in [-0.05, 0) is 202 Å². The Balaban J connectivity index is 0.605. The van der Waals surface area contributed by atoms with Gasteiger partial charge in [0.2, 0.25) is 0 Å². The second-order valence-corrected chi connectivity index (χ2v) is 27.2. The fraction of sp³-hybridized carbons (Fsp3) is 0.0206. The monoisotopic (exact) mass is 1300 g/mol. The maximum absolute atomic E-state index is 5.14. The van der Waals surface area contributed by atoms with Crippen LogP contribution in [0.25, 0.3) is 111 Å². The number of fused-ring (bicyclic) bond motifs is 20. The minimum atomic E-state index is -0.569. The predicted molar refractivity (Wildman–Crippen MR) is 419 cm³/mol. The van der Waals surface area contributed by atoms with Crippen molar-refractivity contribution in [3.63, 3.8) is 0 Å². The summed E-state index contributed by atoms with van der Waals surface area (Å²) >= 11 is 0. The Kier molecular flexibility index (Phi) is 12.8. The third-order valence-corrected chi connectivity index (χ3v) is 22.2. The average Bonchev–Trinajstić information content (AvgIpc) is 1.61. The first kappa shape index (κ1) is 57.7. The van der Waals surface area contributed by atoms with Gasteiger partial charge in [0.1, 0.15) is 0 Å². The van der Waals surface area contributed by atoms with E-state index in [1.54, 1.807) is 0 Å². The third kappa shape index (κ3) is 8.37. The molecule has 0 atom stereocenters. The fourth-order valence-corrected chi connectivity index (χ4v) is 17.9. The van der Waals surface area contributed by atoms with E-state index >= 15 is 0 Å². The third-order valence-electron chi connectivity index (χ3n) is 22.2. The lowest BCUT2D eigenvalue weighted by molar-refractivity contribution is 0.753. The lowest BCUT2D eigenvalue weighted by Gasteiger charge is -2.45. The topological polar surface area (TPSA) is 45.2 Å². The van der Waals surface area contributed by atoms with Crippen molar-refractivity contribution in [2.24, 2.45) is 0 Å². The molecular weight excluding hydrogens is 1240 g/mol. The van der Waals surface area contributed by atoms with Crippen LogP contribution in [0.3, 0.4) is 0 Å². The average molecular weight is 1300 g/mol. The molecule has 21 rings (SSSR count). The summed E-state index contributed by atoms with van der Waals surface area (Å²) in [5.74, 6) is 0. The van der Waals surface area contributed by atoms with E-state index in [0.29, 0.717) is 0 Å². The smallest absolute Gasteiger partial charge is 0.0894 e. The van der Waals surface area contributed by atoms with Crippen LogP contribution in [-0.2, 0) is 10.8 Å². The van der Waals surface area contributed by atoms with Crippen LogP contribution in [0.15, 0.2) is 370 Å². The quantitative estimate of drug-likeness (QED) is 0.152. The normalized spacial score (nSPS) is 13.6. The van der Waals surface area contributed by atoms with Crippen molar-refractivity contribution in [1.29, 1.82) is 0 Å². The van der Waals surface area contributed by atoms with Gasteiger partial charge in [-0.2, -0.15) is 0 Å². The summed E-state index contributed by atoms with van der Waals surface area (Å²) in [5.41, 5.74) is 37.2. The molecule has 2 spiro atoms. The van der Waals surface area contributed by atoms with Crippen LogP contribution >= 0.6 is 0 Å². The molecule has 0 N–H and O–H groups in total. The molecule has 17 aromatic rings. The van der Waals surface area contributed by atoms with Crippen molar-refractivity contribution < 1.29 is 0 Å². The zero-order valence-electron chi connectivity index (χ0n) is 55.5. The molecule has 5 heteroatoms. The van der Waals surface area contributed by atoms with Crippen LogP contribution in [0.5, 0.6) is 0 Å². The van der Waals surface area contributed by atoms with Crippen LogP contribution in [0.1, 0.15) is 44.5 Å². The summed E-state index contributed by atoms with van der Waals surface area (Å²) in [4.78, 5) is 19.8. The minimum Gasteiger partial charge on any atom is -0.310 e. The van der Waals surface area contributed by atoms with Crippen LogP contribution in [-0.4, -0.2) is 15.0 Å². The molecular formula is C97H61N5. The Morgan fingerprint density at radius 2 is 0.657 bits per heavy atom. The van der Waals surface area contributed by atoms with Gasteiger partial charge in [-0.15, -0.1) is 0 Å². The molecule has 0 fully saturated rings. The van der Waals surface area contributed by atoms with Crippen molar-refractivity contribution in [3.8, 4) is 89.1 Å². The van der Waals surface area contributed by atoms with E-state index in [-0.39, 0.29) is 0 Å². The highest BCUT2D eigenvalue weighted by Crippen LogP contribution is 2.66. The number of para-hydroxylation sites is 7. The van der Waals surface area contributed by atoms with Crippen molar-refractivity contribution in [3.05, 3.63) is 415 Å². The van der Waals surface area contributed by atoms with E-state index in [9.17, 15) is 0 Å². The van der Waals surface area contributed by atoms with E-state index < -0.39 is 10.8 Å². The molecule has 0 unspecified atom stereocenters. The Bertz CT molecular complexity index is 6200. The highest BCUT2D eigenvalue weighted by Gasteiger charge is 2.53. The van der Waals surface area contributed by atoms with Gasteiger partial charge >= 0.3 is 0 Å². The number of nitrogens with zero attached hydrogens (tertiary/aromatic N) is 5. The summed E-state index contributed by atoms with van der Waals surface area (Å²) in [7, 11) is 0. The Morgan fingerprint density at radius 3 is 1.30 bits per heavy atom. The number of rotatable bonds is 8. The molecule has 0 radical (unpaired) electrons. The van der Waals surface area contributed by atoms with E-state index in [0.717, 1.165) is 94.9 Å². The molecule has 5 nitrogen and oxygen atoms in total. The molecule has 4 heterocycles. The van der Waals surface area contributed by atoms with Crippen molar-refractivity contribution in [2.45, 2.75) is 10.8 Å². The molecule has 474 valence electrons. The van der Waals surface area contributed by atoms with E-state index in [2.05, 4.69) is 343 Å². The SMILES string of the molecule is c1ccc(N2c3ccccc3C3(c4ccccc4-c4ccc(-c5ccccc5-c5ccc(-c6ccc(-c7ccc(N8c9ccccc9C9(c%10ccccc%10-c%10cc(-c%11cccc(-c%12cnc%13ccccc%13n%12)c%11)ccc%109)c9ccccc98)cc7)c7cccnc67)cc5)cc43)c3ccccc32)cc1. The highest BCUT2D eigenvalue weighted by molar-refractivity contribution is 6.05. The Labute approximate surface area is 591 Å². The summed E-state index contributed by atoms with van der Waals surface area (Å²) in [6.07, 6.45) is 3.81. The fourth-order valence-electron chi connectivity index (χ4n) is 17.9. The van der Waals surface area contributed by atoms with Crippen molar-refractivity contribution >= 4 is 56.1 Å². The molecule has 0 saturated carbocycles. The molecule has 2 aliphatic carbocycles. The van der Waals surface area contributed by atoms with Crippen LogP contribution < -0.4 is 9.80 Å². The van der Waals surface area contributed by atoms with Gasteiger partial charge < -0.3 is 9.80 Å². The zero-order valence-corrected chi connectivity index (χ0v) is 55.5. The largest absolute Gasteiger partial charge is 0.310 e. The first-order chi connectivity index (χ1) is 50.6. The van der Waals surface area contributed by atoms with Crippen molar-refractivity contribution in [1.82, 2.24) is 15.0 Å². The lowest BCUT2D eigenvalue weighted by Crippen LogP contribution is -2.36. The number of hydrogen-bond donors (Lipinski definition) is 0. The van der Waals surface area contributed by atoms with E-state index in [4.69, 9.17) is 15.0 Å². The second-order valence-electron chi connectivity index (χ2n) is 27.2. The van der Waals surface area contributed by atoms with Crippen LogP contribution in [0.2, 0.25) is 0 Å². The van der Waals surface area contributed by atoms with Gasteiger partial charge in [-0.1, -0.05) is 273 Å². The summed E-state index contributed by atoms with van der Waals surface area (Å²) in [5, 5.41) is 1.11. The van der Waals surface area contributed by atoms with Gasteiger partial charge in [0.15, 0.2) is 0 Å². The summed E-state index contributed by atoms with van der Waals surface area (Å²) in [6.45, 7) is 0. The first-order valence-corrected chi connectivity index (χ1v) is 35.1. The van der Waals surface area contributed by atoms with Gasteiger partial charge in [0.25, 0.3) is 0 Å². The number of benzene rings is 15. The minimum absolute atomic E-state index is 0.553. The zero-order chi connectivity index (χ0) is 67.0. The predicted octanol–water partition coefficient (Wildman–Crippen LogP) is 24.5.